The largest absolute Gasteiger partial charge is 0.334 e. The van der Waals surface area contributed by atoms with Gasteiger partial charge in [-0.25, -0.2) is 0 Å². The molecule has 0 atom stereocenters. The first-order valence-corrected chi connectivity index (χ1v) is 9.30. The molecule has 0 radical (unpaired) electrons. The zero-order valence-electron chi connectivity index (χ0n) is 14.7. The number of anilines is 2. The third-order valence-electron chi connectivity index (χ3n) is 4.48. The Hall–Kier alpha value is -2.26. The summed E-state index contributed by atoms with van der Waals surface area (Å²) in [4.78, 5) is 2.44. The number of aromatic nitrogens is 1. The lowest BCUT2D eigenvalue weighted by Crippen LogP contribution is -2.37. The normalized spacial score (nSPS) is 12.0. The SMILES string of the molecule is CC(C)(C)N(c1ccccc1)c1c2ccccc2n2cc(Br)ccc12. The van der Waals surface area contributed by atoms with Crippen LogP contribution in [-0.2, 0) is 0 Å². The van der Waals surface area contributed by atoms with Crippen molar-refractivity contribution in [3.63, 3.8) is 0 Å². The van der Waals surface area contributed by atoms with Crippen molar-refractivity contribution in [2.45, 2.75) is 26.3 Å². The summed E-state index contributed by atoms with van der Waals surface area (Å²) < 4.78 is 3.35. The van der Waals surface area contributed by atoms with E-state index in [0.29, 0.717) is 0 Å². The number of nitrogens with zero attached hydrogens (tertiary/aromatic N) is 2. The maximum atomic E-state index is 3.61. The Kier molecular flexibility index (Phi) is 3.84. The van der Waals surface area contributed by atoms with Gasteiger partial charge < -0.3 is 9.30 Å². The van der Waals surface area contributed by atoms with Crippen molar-refractivity contribution in [3.8, 4) is 0 Å². The monoisotopic (exact) mass is 392 g/mol. The maximum Gasteiger partial charge on any atom is 0.0755 e. The molecule has 0 amide bonds. The molecule has 0 spiro atoms. The van der Waals surface area contributed by atoms with Gasteiger partial charge in [0, 0.05) is 27.3 Å². The minimum atomic E-state index is -0.0565. The lowest BCUT2D eigenvalue weighted by Gasteiger charge is -2.37. The quantitative estimate of drug-likeness (QED) is 0.364. The highest BCUT2D eigenvalue weighted by atomic mass is 79.9. The Labute approximate surface area is 156 Å². The molecule has 0 saturated heterocycles. The molecule has 0 unspecified atom stereocenters. The first-order valence-electron chi connectivity index (χ1n) is 8.50. The van der Waals surface area contributed by atoms with Gasteiger partial charge in [0.2, 0.25) is 0 Å². The predicted molar refractivity (Wildman–Crippen MR) is 111 cm³/mol. The van der Waals surface area contributed by atoms with Gasteiger partial charge in [0.05, 0.1) is 16.7 Å². The summed E-state index contributed by atoms with van der Waals surface area (Å²) in [5.41, 5.74) is 4.83. The summed E-state index contributed by atoms with van der Waals surface area (Å²) in [6.07, 6.45) is 2.15. The van der Waals surface area contributed by atoms with Gasteiger partial charge in [-0.2, -0.15) is 0 Å². The van der Waals surface area contributed by atoms with Crippen LogP contribution in [0.1, 0.15) is 20.8 Å². The number of benzene rings is 2. The molecule has 25 heavy (non-hydrogen) atoms. The Balaban J connectivity index is 2.13. The van der Waals surface area contributed by atoms with E-state index in [-0.39, 0.29) is 5.54 Å². The Morgan fingerprint density at radius 2 is 1.48 bits per heavy atom. The van der Waals surface area contributed by atoms with E-state index >= 15 is 0 Å². The predicted octanol–water partition coefficient (Wildman–Crippen LogP) is 6.79. The number of para-hydroxylation sites is 2. The highest BCUT2D eigenvalue weighted by molar-refractivity contribution is 9.10. The second-order valence-corrected chi connectivity index (χ2v) is 8.23. The van der Waals surface area contributed by atoms with E-state index in [1.807, 2.05) is 0 Å². The average molecular weight is 393 g/mol. The van der Waals surface area contributed by atoms with Crippen molar-refractivity contribution in [2.75, 3.05) is 4.90 Å². The van der Waals surface area contributed by atoms with Crippen molar-refractivity contribution < 1.29 is 0 Å². The summed E-state index contributed by atoms with van der Waals surface area (Å²) in [6, 6.07) is 23.6. The summed E-state index contributed by atoms with van der Waals surface area (Å²) >= 11 is 3.61. The van der Waals surface area contributed by atoms with Gasteiger partial charge in [-0.15, -0.1) is 0 Å². The Morgan fingerprint density at radius 1 is 0.800 bits per heavy atom. The minimum Gasteiger partial charge on any atom is -0.334 e. The van der Waals surface area contributed by atoms with E-state index in [0.717, 1.165) is 4.47 Å². The lowest BCUT2D eigenvalue weighted by atomic mass is 10.0. The van der Waals surface area contributed by atoms with E-state index in [4.69, 9.17) is 0 Å². The van der Waals surface area contributed by atoms with Crippen molar-refractivity contribution in [2.24, 2.45) is 0 Å². The van der Waals surface area contributed by atoms with Crippen LogP contribution in [0.3, 0.4) is 0 Å². The van der Waals surface area contributed by atoms with Crippen LogP contribution in [0.25, 0.3) is 16.4 Å². The number of hydrogen-bond acceptors (Lipinski definition) is 1. The van der Waals surface area contributed by atoms with Crippen LogP contribution < -0.4 is 4.90 Å². The molecule has 0 fully saturated rings. The molecular weight excluding hydrogens is 372 g/mol. The number of fused-ring (bicyclic) bond motifs is 3. The molecule has 0 aliphatic carbocycles. The van der Waals surface area contributed by atoms with Crippen molar-refractivity contribution >= 4 is 43.7 Å². The van der Waals surface area contributed by atoms with Gasteiger partial charge in [0.25, 0.3) is 0 Å². The van der Waals surface area contributed by atoms with Crippen LogP contribution in [0, 0.1) is 0 Å². The van der Waals surface area contributed by atoms with E-state index in [2.05, 4.69) is 119 Å². The van der Waals surface area contributed by atoms with Crippen LogP contribution in [-0.4, -0.2) is 9.94 Å². The van der Waals surface area contributed by atoms with Crippen LogP contribution in [0.2, 0.25) is 0 Å². The Bertz CT molecular complexity index is 1040. The highest BCUT2D eigenvalue weighted by Gasteiger charge is 2.28. The number of hydrogen-bond donors (Lipinski definition) is 0. The van der Waals surface area contributed by atoms with Crippen LogP contribution >= 0.6 is 15.9 Å². The van der Waals surface area contributed by atoms with Crippen molar-refractivity contribution in [1.82, 2.24) is 4.40 Å². The molecule has 2 nitrogen and oxygen atoms in total. The van der Waals surface area contributed by atoms with Crippen LogP contribution in [0.4, 0.5) is 11.4 Å². The summed E-state index contributed by atoms with van der Waals surface area (Å²) in [6.45, 7) is 6.78. The minimum absolute atomic E-state index is 0.0565. The zero-order valence-corrected chi connectivity index (χ0v) is 16.3. The fourth-order valence-corrected chi connectivity index (χ4v) is 3.89. The molecule has 2 aromatic carbocycles. The van der Waals surface area contributed by atoms with E-state index < -0.39 is 0 Å². The third-order valence-corrected chi connectivity index (χ3v) is 4.95. The Morgan fingerprint density at radius 3 is 2.20 bits per heavy atom. The molecule has 0 bridgehead atoms. The molecule has 0 aliphatic heterocycles. The fraction of sp³-hybridized carbons (Fsp3) is 0.182. The summed E-state index contributed by atoms with van der Waals surface area (Å²) in [7, 11) is 0. The van der Waals surface area contributed by atoms with Crippen LogP contribution in [0.5, 0.6) is 0 Å². The fourth-order valence-electron chi connectivity index (χ4n) is 3.55. The van der Waals surface area contributed by atoms with Crippen LogP contribution in [0.15, 0.2) is 77.4 Å². The van der Waals surface area contributed by atoms with Gasteiger partial charge in [-0.1, -0.05) is 36.4 Å². The van der Waals surface area contributed by atoms with E-state index in [1.165, 1.54) is 27.8 Å². The van der Waals surface area contributed by atoms with Gasteiger partial charge in [0.1, 0.15) is 0 Å². The summed E-state index contributed by atoms with van der Waals surface area (Å²) in [5.74, 6) is 0. The third kappa shape index (κ3) is 2.73. The number of rotatable bonds is 2. The molecule has 3 heteroatoms. The molecule has 2 aromatic heterocycles. The highest BCUT2D eigenvalue weighted by Crippen LogP contribution is 2.42. The first-order chi connectivity index (χ1) is 12.0. The van der Waals surface area contributed by atoms with Crippen molar-refractivity contribution in [3.05, 3.63) is 77.4 Å². The molecule has 4 rings (SSSR count). The number of halogens is 1. The molecule has 126 valence electrons. The standard InChI is InChI=1S/C22H21BrN2/c1-22(2,3)25(17-9-5-4-6-10-17)21-18-11-7-8-12-19(18)24-15-16(23)13-14-20(21)24/h4-15H,1-3H3. The lowest BCUT2D eigenvalue weighted by molar-refractivity contribution is 0.562. The topological polar surface area (TPSA) is 7.65 Å². The molecule has 4 aromatic rings. The van der Waals surface area contributed by atoms with Crippen molar-refractivity contribution in [1.29, 1.82) is 0 Å². The molecule has 0 saturated carbocycles. The maximum absolute atomic E-state index is 3.61. The second-order valence-electron chi connectivity index (χ2n) is 7.31. The van der Waals surface area contributed by atoms with Gasteiger partial charge in [0.15, 0.2) is 0 Å². The molecule has 2 heterocycles. The summed E-state index contributed by atoms with van der Waals surface area (Å²) in [5, 5.41) is 1.26. The molecule has 0 N–H and O–H groups in total. The molecule has 0 aliphatic rings. The van der Waals surface area contributed by atoms with Gasteiger partial charge >= 0.3 is 0 Å². The van der Waals surface area contributed by atoms with Gasteiger partial charge in [-0.3, -0.25) is 0 Å². The number of pyridine rings is 1. The smallest absolute Gasteiger partial charge is 0.0755 e. The van der Waals surface area contributed by atoms with E-state index in [1.54, 1.807) is 0 Å². The average Bonchev–Trinajstić information content (AvgIpc) is 2.89. The first kappa shape index (κ1) is 16.2. The second kappa shape index (κ2) is 5.92. The van der Waals surface area contributed by atoms with E-state index in [9.17, 15) is 0 Å². The van der Waals surface area contributed by atoms with Gasteiger partial charge in [-0.05, 0) is 67.0 Å². The molecular formula is C22H21BrN2. The zero-order chi connectivity index (χ0) is 17.6.